The minimum absolute atomic E-state index is 0.117. The molecule has 0 bridgehead atoms. The van der Waals surface area contributed by atoms with E-state index in [9.17, 15) is 4.79 Å². The summed E-state index contributed by atoms with van der Waals surface area (Å²) >= 11 is 0. The van der Waals surface area contributed by atoms with E-state index in [1.54, 1.807) is 0 Å². The van der Waals surface area contributed by atoms with Crippen LogP contribution in [0.2, 0.25) is 0 Å². The highest BCUT2D eigenvalue weighted by atomic mass is 16.5. The zero-order valence-electron chi connectivity index (χ0n) is 12.2. The molecule has 5 heteroatoms. The molecule has 1 aromatic rings. The van der Waals surface area contributed by atoms with E-state index in [-0.39, 0.29) is 5.91 Å². The number of amides is 1. The van der Waals surface area contributed by atoms with E-state index >= 15 is 0 Å². The standard InChI is InChI=1S/C15H23N3O2/c1-14-2-6-17(7-3-14)8-4-15(19)16-5-9-18-10-12-20-13-11-18/h2-3,6-7H,4-5,8-13H2,1H3/p+1. The zero-order chi connectivity index (χ0) is 14.2. The highest BCUT2D eigenvalue weighted by Crippen LogP contribution is 1.95. The summed E-state index contributed by atoms with van der Waals surface area (Å²) in [5.41, 5.74) is 1.23. The minimum Gasteiger partial charge on any atom is -0.379 e. The highest BCUT2D eigenvalue weighted by molar-refractivity contribution is 5.75. The second kappa shape index (κ2) is 7.97. The summed E-state index contributed by atoms with van der Waals surface area (Å²) in [6.45, 7) is 7.96. The lowest BCUT2D eigenvalue weighted by Gasteiger charge is -2.26. The maximum Gasteiger partial charge on any atom is 0.226 e. The van der Waals surface area contributed by atoms with Crippen molar-refractivity contribution in [2.75, 3.05) is 39.4 Å². The van der Waals surface area contributed by atoms with Crippen LogP contribution in [0.3, 0.4) is 0 Å². The number of nitrogens with zero attached hydrogens (tertiary/aromatic N) is 2. The molecule has 110 valence electrons. The molecule has 1 aliphatic heterocycles. The number of aromatic nitrogens is 1. The molecular weight excluding hydrogens is 254 g/mol. The molecule has 0 aromatic carbocycles. The lowest BCUT2D eigenvalue weighted by Crippen LogP contribution is -2.42. The number of nitrogens with one attached hydrogen (secondary N) is 1. The Bertz CT molecular complexity index is 414. The van der Waals surface area contributed by atoms with Gasteiger partial charge >= 0.3 is 0 Å². The number of hydrogen-bond acceptors (Lipinski definition) is 3. The van der Waals surface area contributed by atoms with Crippen LogP contribution < -0.4 is 9.88 Å². The van der Waals surface area contributed by atoms with E-state index in [1.807, 2.05) is 17.0 Å². The van der Waals surface area contributed by atoms with Gasteiger partial charge in [-0.2, -0.15) is 0 Å². The molecule has 1 amide bonds. The van der Waals surface area contributed by atoms with E-state index in [1.165, 1.54) is 5.56 Å². The molecule has 20 heavy (non-hydrogen) atoms. The van der Waals surface area contributed by atoms with Crippen molar-refractivity contribution in [1.29, 1.82) is 0 Å². The summed E-state index contributed by atoms with van der Waals surface area (Å²) in [7, 11) is 0. The van der Waals surface area contributed by atoms with E-state index in [4.69, 9.17) is 4.74 Å². The lowest BCUT2D eigenvalue weighted by atomic mass is 10.3. The van der Waals surface area contributed by atoms with Gasteiger partial charge in [-0.15, -0.1) is 0 Å². The monoisotopic (exact) mass is 278 g/mol. The molecule has 1 N–H and O–H groups in total. The molecule has 0 aliphatic carbocycles. The SMILES string of the molecule is Cc1cc[n+](CCC(=O)NCCN2CCOCC2)cc1. The van der Waals surface area contributed by atoms with Crippen molar-refractivity contribution in [3.8, 4) is 0 Å². The molecule has 0 atom stereocenters. The van der Waals surface area contributed by atoms with Crippen molar-refractivity contribution in [3.05, 3.63) is 30.1 Å². The number of rotatable bonds is 6. The van der Waals surface area contributed by atoms with Crippen molar-refractivity contribution in [1.82, 2.24) is 10.2 Å². The fourth-order valence-electron chi connectivity index (χ4n) is 2.18. The Kier molecular flexibility index (Phi) is 5.95. The third-order valence-electron chi connectivity index (χ3n) is 3.51. The van der Waals surface area contributed by atoms with Crippen LogP contribution in [-0.4, -0.2) is 50.2 Å². The predicted molar refractivity (Wildman–Crippen MR) is 76.3 cm³/mol. The first kappa shape index (κ1) is 14.9. The van der Waals surface area contributed by atoms with Crippen LogP contribution in [0.4, 0.5) is 0 Å². The normalized spacial score (nSPS) is 16.1. The van der Waals surface area contributed by atoms with Gasteiger partial charge in [0.2, 0.25) is 5.91 Å². The number of carbonyl (C=O) groups excluding carboxylic acids is 1. The Morgan fingerprint density at radius 1 is 1.35 bits per heavy atom. The number of ether oxygens (including phenoxy) is 1. The molecule has 0 unspecified atom stereocenters. The van der Waals surface area contributed by atoms with E-state index in [2.05, 4.69) is 29.3 Å². The summed E-state index contributed by atoms with van der Waals surface area (Å²) in [5.74, 6) is 0.117. The predicted octanol–water partition coefficient (Wildman–Crippen LogP) is 0.121. The van der Waals surface area contributed by atoms with Gasteiger partial charge in [-0.25, -0.2) is 4.57 Å². The van der Waals surface area contributed by atoms with E-state index in [0.29, 0.717) is 6.42 Å². The minimum atomic E-state index is 0.117. The van der Waals surface area contributed by atoms with Gasteiger partial charge in [0.25, 0.3) is 0 Å². The molecule has 1 aliphatic rings. The second-order valence-corrected chi connectivity index (χ2v) is 5.17. The van der Waals surface area contributed by atoms with Crippen molar-refractivity contribution in [3.63, 3.8) is 0 Å². The first-order chi connectivity index (χ1) is 9.74. The summed E-state index contributed by atoms with van der Waals surface area (Å²) < 4.78 is 7.33. The number of morpholine rings is 1. The van der Waals surface area contributed by atoms with Gasteiger partial charge in [0.1, 0.15) is 0 Å². The fourth-order valence-corrected chi connectivity index (χ4v) is 2.18. The largest absolute Gasteiger partial charge is 0.379 e. The lowest BCUT2D eigenvalue weighted by molar-refractivity contribution is -0.695. The van der Waals surface area contributed by atoms with Crippen LogP contribution in [0.5, 0.6) is 0 Å². The number of carbonyl (C=O) groups is 1. The van der Waals surface area contributed by atoms with Crippen LogP contribution in [0.25, 0.3) is 0 Å². The Labute approximate surface area is 120 Å². The molecule has 1 saturated heterocycles. The van der Waals surface area contributed by atoms with Crippen LogP contribution in [0.15, 0.2) is 24.5 Å². The summed E-state index contributed by atoms with van der Waals surface area (Å²) in [5, 5.41) is 2.98. The quantitative estimate of drug-likeness (QED) is 0.752. The Morgan fingerprint density at radius 3 is 2.75 bits per heavy atom. The molecule has 0 radical (unpaired) electrons. The second-order valence-electron chi connectivity index (χ2n) is 5.17. The van der Waals surface area contributed by atoms with Crippen LogP contribution in [0.1, 0.15) is 12.0 Å². The van der Waals surface area contributed by atoms with Gasteiger partial charge < -0.3 is 10.1 Å². The van der Waals surface area contributed by atoms with Gasteiger partial charge in [-0.1, -0.05) is 0 Å². The summed E-state index contributed by atoms with van der Waals surface area (Å²) in [4.78, 5) is 14.1. The smallest absolute Gasteiger partial charge is 0.226 e. The number of pyridine rings is 1. The van der Waals surface area contributed by atoms with Gasteiger partial charge in [0.15, 0.2) is 18.9 Å². The molecule has 0 saturated carbocycles. The molecule has 1 aromatic heterocycles. The summed E-state index contributed by atoms with van der Waals surface area (Å²) in [6.07, 6.45) is 4.55. The highest BCUT2D eigenvalue weighted by Gasteiger charge is 2.10. The Morgan fingerprint density at radius 2 is 2.05 bits per heavy atom. The zero-order valence-corrected chi connectivity index (χ0v) is 12.2. The van der Waals surface area contributed by atoms with Gasteiger partial charge in [-0.3, -0.25) is 9.69 Å². The maximum absolute atomic E-state index is 11.8. The molecular formula is C15H24N3O2+. The van der Waals surface area contributed by atoms with Gasteiger partial charge in [0, 0.05) is 38.3 Å². The van der Waals surface area contributed by atoms with Gasteiger partial charge in [-0.05, 0) is 12.5 Å². The third kappa shape index (κ3) is 5.27. The molecule has 5 nitrogen and oxygen atoms in total. The molecule has 2 rings (SSSR count). The number of aryl methyl sites for hydroxylation is 2. The fraction of sp³-hybridized carbons (Fsp3) is 0.600. The molecule has 1 fully saturated rings. The van der Waals surface area contributed by atoms with Crippen molar-refractivity contribution in [2.45, 2.75) is 19.9 Å². The Balaban J connectivity index is 1.59. The topological polar surface area (TPSA) is 45.5 Å². The van der Waals surface area contributed by atoms with E-state index < -0.39 is 0 Å². The maximum atomic E-state index is 11.8. The third-order valence-corrected chi connectivity index (χ3v) is 3.51. The molecule has 0 spiro atoms. The molecule has 2 heterocycles. The van der Waals surface area contributed by atoms with Crippen LogP contribution in [0, 0.1) is 6.92 Å². The van der Waals surface area contributed by atoms with Crippen molar-refractivity contribution >= 4 is 5.91 Å². The average Bonchev–Trinajstić information content (AvgIpc) is 2.48. The average molecular weight is 278 g/mol. The first-order valence-electron chi connectivity index (χ1n) is 7.26. The van der Waals surface area contributed by atoms with E-state index in [0.717, 1.165) is 45.9 Å². The van der Waals surface area contributed by atoms with Crippen molar-refractivity contribution < 1.29 is 14.1 Å². The summed E-state index contributed by atoms with van der Waals surface area (Å²) in [6, 6.07) is 4.10. The Hall–Kier alpha value is -1.46. The van der Waals surface area contributed by atoms with Crippen molar-refractivity contribution in [2.24, 2.45) is 0 Å². The van der Waals surface area contributed by atoms with Gasteiger partial charge in [0.05, 0.1) is 19.6 Å². The first-order valence-corrected chi connectivity index (χ1v) is 7.26. The number of hydrogen-bond donors (Lipinski definition) is 1. The van der Waals surface area contributed by atoms with Crippen LogP contribution >= 0.6 is 0 Å². The van der Waals surface area contributed by atoms with Crippen LogP contribution in [-0.2, 0) is 16.1 Å².